The van der Waals surface area contributed by atoms with Crippen LogP contribution in [0.25, 0.3) is 5.69 Å². The molecule has 0 spiro atoms. The molecule has 0 radical (unpaired) electrons. The Morgan fingerprint density at radius 3 is 2.68 bits per heavy atom. The molecule has 116 valence electrons. The summed E-state index contributed by atoms with van der Waals surface area (Å²) in [5, 5.41) is 6.44. The molecule has 0 unspecified atom stereocenters. The number of nitrogens with zero attached hydrogens (tertiary/aromatic N) is 2. The van der Waals surface area contributed by atoms with E-state index >= 15 is 0 Å². The van der Waals surface area contributed by atoms with Crippen molar-refractivity contribution in [1.82, 2.24) is 20.2 Å². The fraction of sp³-hybridized carbons (Fsp3) is 0.412. The predicted octanol–water partition coefficient (Wildman–Crippen LogP) is 1.99. The summed E-state index contributed by atoms with van der Waals surface area (Å²) in [5.74, 6) is -0.00283. The number of piperidine rings is 1. The van der Waals surface area contributed by atoms with Crippen LogP contribution in [0.3, 0.4) is 0 Å². The molecule has 2 N–H and O–H groups in total. The molecule has 22 heavy (non-hydrogen) atoms. The van der Waals surface area contributed by atoms with E-state index in [2.05, 4.69) is 22.5 Å². The van der Waals surface area contributed by atoms with Gasteiger partial charge in [0.2, 0.25) is 0 Å². The van der Waals surface area contributed by atoms with Gasteiger partial charge in [-0.05, 0) is 55.6 Å². The highest BCUT2D eigenvalue weighted by atomic mass is 16.1. The number of nitrogens with one attached hydrogen (secondary N) is 2. The van der Waals surface area contributed by atoms with E-state index in [-0.39, 0.29) is 11.3 Å². The molecule has 0 atom stereocenters. The molecule has 5 heteroatoms. The predicted molar refractivity (Wildman–Crippen MR) is 86.1 cm³/mol. The lowest BCUT2D eigenvalue weighted by Gasteiger charge is -2.34. The van der Waals surface area contributed by atoms with Gasteiger partial charge < -0.3 is 15.2 Å². The lowest BCUT2D eigenvalue weighted by molar-refractivity contribution is 0.0922. The Morgan fingerprint density at radius 2 is 2.05 bits per heavy atom. The van der Waals surface area contributed by atoms with Crippen LogP contribution in [-0.2, 0) is 0 Å². The summed E-state index contributed by atoms with van der Waals surface area (Å²) < 4.78 is 1.91. The second-order valence-corrected chi connectivity index (χ2v) is 6.26. The summed E-state index contributed by atoms with van der Waals surface area (Å²) in [6, 6.07) is 7.58. The van der Waals surface area contributed by atoms with Gasteiger partial charge in [-0.25, -0.2) is 4.98 Å². The van der Waals surface area contributed by atoms with E-state index in [1.54, 1.807) is 12.5 Å². The molecule has 2 heterocycles. The molecule has 3 rings (SSSR count). The zero-order valence-electron chi connectivity index (χ0n) is 12.9. The topological polar surface area (TPSA) is 59.0 Å². The van der Waals surface area contributed by atoms with Gasteiger partial charge in [0.1, 0.15) is 0 Å². The lowest BCUT2D eigenvalue weighted by atomic mass is 9.81. The molecule has 1 aromatic carbocycles. The number of aromatic nitrogens is 2. The number of carbonyl (C=O) groups is 1. The maximum atomic E-state index is 12.3. The van der Waals surface area contributed by atoms with Crippen molar-refractivity contribution in [3.63, 3.8) is 0 Å². The summed E-state index contributed by atoms with van der Waals surface area (Å²) in [5.41, 5.74) is 1.90. The van der Waals surface area contributed by atoms with Gasteiger partial charge in [-0.3, -0.25) is 4.79 Å². The van der Waals surface area contributed by atoms with Crippen LogP contribution in [0.5, 0.6) is 0 Å². The van der Waals surface area contributed by atoms with Crippen molar-refractivity contribution in [1.29, 1.82) is 0 Å². The van der Waals surface area contributed by atoms with Gasteiger partial charge in [0.05, 0.1) is 6.33 Å². The van der Waals surface area contributed by atoms with Crippen LogP contribution in [0.15, 0.2) is 43.0 Å². The fourth-order valence-electron chi connectivity index (χ4n) is 2.80. The largest absolute Gasteiger partial charge is 0.351 e. The van der Waals surface area contributed by atoms with Gasteiger partial charge in [0, 0.05) is 30.2 Å². The summed E-state index contributed by atoms with van der Waals surface area (Å²) in [4.78, 5) is 16.3. The van der Waals surface area contributed by atoms with Crippen LogP contribution in [0, 0.1) is 5.41 Å². The van der Waals surface area contributed by atoms with Crippen LogP contribution in [0.4, 0.5) is 0 Å². The van der Waals surface area contributed by atoms with Crippen LogP contribution >= 0.6 is 0 Å². The van der Waals surface area contributed by atoms with Crippen LogP contribution in [0.1, 0.15) is 30.1 Å². The maximum Gasteiger partial charge on any atom is 0.251 e. The Bertz CT molecular complexity index is 613. The first-order valence-corrected chi connectivity index (χ1v) is 7.74. The van der Waals surface area contributed by atoms with Gasteiger partial charge >= 0.3 is 0 Å². The molecule has 1 fully saturated rings. The molecule has 5 nitrogen and oxygen atoms in total. The number of carbonyl (C=O) groups excluding carboxylic acids is 1. The maximum absolute atomic E-state index is 12.3. The Hall–Kier alpha value is -2.14. The molecule has 1 amide bonds. The molecule has 0 aliphatic carbocycles. The summed E-state index contributed by atoms with van der Waals surface area (Å²) >= 11 is 0. The Kier molecular flexibility index (Phi) is 4.24. The zero-order valence-corrected chi connectivity index (χ0v) is 12.9. The lowest BCUT2D eigenvalue weighted by Crippen LogP contribution is -2.42. The Morgan fingerprint density at radius 1 is 1.32 bits per heavy atom. The van der Waals surface area contributed by atoms with E-state index in [0.29, 0.717) is 5.56 Å². The number of benzene rings is 1. The third-order valence-corrected chi connectivity index (χ3v) is 4.42. The van der Waals surface area contributed by atoms with Gasteiger partial charge in [0.15, 0.2) is 0 Å². The quantitative estimate of drug-likeness (QED) is 0.907. The smallest absolute Gasteiger partial charge is 0.251 e. The average Bonchev–Trinajstić information content (AvgIpc) is 3.08. The monoisotopic (exact) mass is 298 g/mol. The minimum absolute atomic E-state index is 0.00283. The second-order valence-electron chi connectivity index (χ2n) is 6.26. The van der Waals surface area contributed by atoms with E-state index in [1.807, 2.05) is 35.0 Å². The molecule has 1 aliphatic rings. The van der Waals surface area contributed by atoms with Crippen LogP contribution in [-0.4, -0.2) is 35.1 Å². The second kappa shape index (κ2) is 6.32. The van der Waals surface area contributed by atoms with E-state index in [0.717, 1.165) is 38.2 Å². The molecular formula is C17H22N4O. The van der Waals surface area contributed by atoms with Gasteiger partial charge in [-0.2, -0.15) is 0 Å². The van der Waals surface area contributed by atoms with Crippen molar-refractivity contribution >= 4 is 5.91 Å². The van der Waals surface area contributed by atoms with Gasteiger partial charge in [-0.15, -0.1) is 0 Å². The SMILES string of the molecule is CC1(CNC(=O)c2ccc(-n3ccnc3)cc2)CCNCC1. The molecular weight excluding hydrogens is 276 g/mol. The minimum Gasteiger partial charge on any atom is -0.351 e. The zero-order chi connectivity index (χ0) is 15.4. The van der Waals surface area contributed by atoms with E-state index in [1.165, 1.54) is 0 Å². The summed E-state index contributed by atoms with van der Waals surface area (Å²) in [6.45, 7) is 5.05. The van der Waals surface area contributed by atoms with Gasteiger partial charge in [0.25, 0.3) is 5.91 Å². The first-order chi connectivity index (χ1) is 10.7. The van der Waals surface area contributed by atoms with Crippen molar-refractivity contribution in [2.75, 3.05) is 19.6 Å². The summed E-state index contributed by atoms with van der Waals surface area (Å²) in [6.07, 6.45) is 7.57. The van der Waals surface area contributed by atoms with Crippen molar-refractivity contribution in [3.05, 3.63) is 48.5 Å². The third kappa shape index (κ3) is 3.36. The summed E-state index contributed by atoms with van der Waals surface area (Å²) in [7, 11) is 0. The van der Waals surface area contributed by atoms with E-state index in [4.69, 9.17) is 0 Å². The first kappa shape index (κ1) is 14.8. The Balaban J connectivity index is 1.60. The fourth-order valence-corrected chi connectivity index (χ4v) is 2.80. The highest BCUT2D eigenvalue weighted by molar-refractivity contribution is 5.94. The highest BCUT2D eigenvalue weighted by Crippen LogP contribution is 2.26. The molecule has 2 aromatic rings. The van der Waals surface area contributed by atoms with Crippen molar-refractivity contribution in [3.8, 4) is 5.69 Å². The Labute approximate surface area is 130 Å². The standard InChI is InChI=1S/C17H22N4O/c1-17(6-8-18-9-7-17)12-20-16(22)14-2-4-15(5-3-14)21-11-10-19-13-21/h2-5,10-11,13,18H,6-9,12H2,1H3,(H,20,22). The van der Waals surface area contributed by atoms with Crippen LogP contribution in [0.2, 0.25) is 0 Å². The first-order valence-electron chi connectivity index (χ1n) is 7.74. The van der Waals surface area contributed by atoms with Crippen LogP contribution < -0.4 is 10.6 Å². The number of amides is 1. The number of rotatable bonds is 4. The van der Waals surface area contributed by atoms with E-state index in [9.17, 15) is 4.79 Å². The molecule has 0 bridgehead atoms. The molecule has 0 saturated carbocycles. The van der Waals surface area contributed by atoms with Crippen molar-refractivity contribution in [2.45, 2.75) is 19.8 Å². The number of imidazole rings is 1. The number of hydrogen-bond acceptors (Lipinski definition) is 3. The minimum atomic E-state index is -0.00283. The molecule has 1 aromatic heterocycles. The number of hydrogen-bond donors (Lipinski definition) is 2. The molecule has 1 aliphatic heterocycles. The molecule has 1 saturated heterocycles. The average molecular weight is 298 g/mol. The van der Waals surface area contributed by atoms with Crippen molar-refractivity contribution in [2.24, 2.45) is 5.41 Å². The van der Waals surface area contributed by atoms with Gasteiger partial charge in [-0.1, -0.05) is 6.92 Å². The third-order valence-electron chi connectivity index (χ3n) is 4.42. The van der Waals surface area contributed by atoms with E-state index < -0.39 is 0 Å². The van der Waals surface area contributed by atoms with Crippen molar-refractivity contribution < 1.29 is 4.79 Å². The normalized spacial score (nSPS) is 17.1. The highest BCUT2D eigenvalue weighted by Gasteiger charge is 2.27.